The second-order valence-electron chi connectivity index (χ2n) is 3.22. The number of hydrogen-bond donors (Lipinski definition) is 3. The zero-order valence-corrected chi connectivity index (χ0v) is 8.49. The fraction of sp³-hybridized carbons (Fsp3) is 0.750. The van der Waals surface area contributed by atoms with Crippen LogP contribution in [0.1, 0.15) is 12.8 Å². The van der Waals surface area contributed by atoms with Gasteiger partial charge in [0.15, 0.2) is 0 Å². The lowest BCUT2D eigenvalue weighted by Crippen LogP contribution is -3.13. The first-order chi connectivity index (χ1) is 6.43. The average Bonchev–Trinajstić information content (AvgIpc) is 2.02. The summed E-state index contributed by atoms with van der Waals surface area (Å²) in [6.45, 7) is 0.732. The van der Waals surface area contributed by atoms with Crippen LogP contribution in [0.2, 0.25) is 0 Å². The van der Waals surface area contributed by atoms with Crippen molar-refractivity contribution in [3.63, 3.8) is 0 Å². The van der Waals surface area contributed by atoms with E-state index in [9.17, 15) is 9.59 Å². The van der Waals surface area contributed by atoms with Crippen LogP contribution < -0.4 is 5.01 Å². The fourth-order valence-electron chi connectivity index (χ4n) is 1.02. The predicted molar refractivity (Wildman–Crippen MR) is 48.9 cm³/mol. The molecule has 0 saturated heterocycles. The van der Waals surface area contributed by atoms with Gasteiger partial charge in [0.25, 0.3) is 0 Å². The van der Waals surface area contributed by atoms with Crippen LogP contribution in [0.25, 0.3) is 0 Å². The number of carboxylic acid groups (broad SMARTS) is 2. The Kier molecular flexibility index (Phi) is 5.82. The maximum absolute atomic E-state index is 10.3. The smallest absolute Gasteiger partial charge is 0.304 e. The molecule has 0 heterocycles. The lowest BCUT2D eigenvalue weighted by Gasteiger charge is -2.23. The quantitative estimate of drug-likeness (QED) is 0.431. The highest BCUT2D eigenvalue weighted by Crippen LogP contribution is 1.87. The van der Waals surface area contributed by atoms with Crippen molar-refractivity contribution in [3.05, 3.63) is 0 Å². The molecule has 0 atom stereocenters. The summed E-state index contributed by atoms with van der Waals surface area (Å²) in [6, 6.07) is 0. The maximum atomic E-state index is 10.3. The normalized spacial score (nSPS) is 10.9. The van der Waals surface area contributed by atoms with Crippen molar-refractivity contribution in [1.82, 2.24) is 5.01 Å². The van der Waals surface area contributed by atoms with Gasteiger partial charge in [-0.25, -0.2) is 0 Å². The minimum Gasteiger partial charge on any atom is -0.481 e. The lowest BCUT2D eigenvalue weighted by molar-refractivity contribution is -0.982. The van der Waals surface area contributed by atoms with E-state index in [0.717, 1.165) is 5.01 Å². The molecule has 6 heteroatoms. The molecule has 0 aromatic heterocycles. The third kappa shape index (κ3) is 6.38. The number of carbonyl (C=O) groups is 2. The summed E-state index contributed by atoms with van der Waals surface area (Å²) < 4.78 is 0. The van der Waals surface area contributed by atoms with Gasteiger partial charge in [0.05, 0.1) is 40.0 Å². The number of nitrogens with one attached hydrogen (secondary N) is 1. The van der Waals surface area contributed by atoms with Crippen LogP contribution in [0.4, 0.5) is 0 Å². The Morgan fingerprint density at radius 3 is 1.64 bits per heavy atom. The number of quaternary nitrogens is 1. The molecule has 0 aliphatic rings. The van der Waals surface area contributed by atoms with Gasteiger partial charge >= 0.3 is 11.9 Å². The third-order valence-electron chi connectivity index (χ3n) is 1.82. The number of rotatable bonds is 7. The number of nitrogens with zero attached hydrogens (tertiary/aromatic N) is 1. The molecule has 0 aromatic rings. The van der Waals surface area contributed by atoms with Gasteiger partial charge in [0.2, 0.25) is 0 Å². The first kappa shape index (κ1) is 12.9. The second kappa shape index (κ2) is 6.33. The summed E-state index contributed by atoms with van der Waals surface area (Å²) >= 11 is 0. The molecule has 3 N–H and O–H groups in total. The zero-order chi connectivity index (χ0) is 11.1. The van der Waals surface area contributed by atoms with Crippen molar-refractivity contribution in [2.75, 3.05) is 27.2 Å². The Balaban J connectivity index is 3.89. The monoisotopic (exact) mass is 205 g/mol. The van der Waals surface area contributed by atoms with Gasteiger partial charge in [0.1, 0.15) is 0 Å². The third-order valence-corrected chi connectivity index (χ3v) is 1.82. The second-order valence-corrected chi connectivity index (χ2v) is 3.22. The predicted octanol–water partition coefficient (Wildman–Crippen LogP) is -1.70. The van der Waals surface area contributed by atoms with Crippen molar-refractivity contribution < 1.29 is 24.8 Å². The Morgan fingerprint density at radius 2 is 1.43 bits per heavy atom. The van der Waals surface area contributed by atoms with Crippen molar-refractivity contribution in [1.29, 1.82) is 0 Å². The molecular formula is C8H17N2O4+. The van der Waals surface area contributed by atoms with E-state index in [1.165, 1.54) is 0 Å². The van der Waals surface area contributed by atoms with Crippen LogP contribution in [0.15, 0.2) is 0 Å². The highest BCUT2D eigenvalue weighted by molar-refractivity contribution is 5.67. The fourth-order valence-corrected chi connectivity index (χ4v) is 1.02. The summed E-state index contributed by atoms with van der Waals surface area (Å²) in [5, 5.41) is 19.6. The van der Waals surface area contributed by atoms with Crippen LogP contribution in [-0.2, 0) is 9.59 Å². The molecular weight excluding hydrogens is 188 g/mol. The molecule has 14 heavy (non-hydrogen) atoms. The van der Waals surface area contributed by atoms with E-state index < -0.39 is 11.9 Å². The zero-order valence-electron chi connectivity index (χ0n) is 8.49. The minimum atomic E-state index is -0.869. The van der Waals surface area contributed by atoms with Gasteiger partial charge < -0.3 is 10.2 Å². The summed E-state index contributed by atoms with van der Waals surface area (Å²) in [4.78, 5) is 20.6. The van der Waals surface area contributed by atoms with E-state index in [1.807, 2.05) is 14.1 Å². The van der Waals surface area contributed by atoms with Crippen LogP contribution >= 0.6 is 0 Å². The number of hydrogen-bond acceptors (Lipinski definition) is 3. The molecule has 0 radical (unpaired) electrons. The van der Waals surface area contributed by atoms with Gasteiger partial charge in [0, 0.05) is 0 Å². The summed E-state index contributed by atoms with van der Waals surface area (Å²) in [5.41, 5.74) is 0. The van der Waals surface area contributed by atoms with E-state index in [4.69, 9.17) is 10.2 Å². The van der Waals surface area contributed by atoms with Gasteiger partial charge in [-0.1, -0.05) is 0 Å². The van der Waals surface area contributed by atoms with Crippen LogP contribution in [0.3, 0.4) is 0 Å². The van der Waals surface area contributed by atoms with Crippen molar-refractivity contribution >= 4 is 11.9 Å². The standard InChI is InChI=1S/C8H16N2O4/c1-9(2)10(5-3-7(11)12)6-4-8(13)14/h3-6H2,1-2H3,(H,11,12)(H,13,14)/p+1. The van der Waals surface area contributed by atoms with Gasteiger partial charge in [-0.05, 0) is 0 Å². The van der Waals surface area contributed by atoms with Crippen LogP contribution in [0.5, 0.6) is 0 Å². The molecule has 0 rings (SSSR count). The lowest BCUT2D eigenvalue weighted by atomic mass is 10.3. The van der Waals surface area contributed by atoms with E-state index in [1.54, 1.807) is 5.01 Å². The van der Waals surface area contributed by atoms with Gasteiger partial charge in [-0.3, -0.25) is 14.6 Å². The molecule has 0 bridgehead atoms. The number of aliphatic carboxylic acids is 2. The molecule has 0 aliphatic heterocycles. The molecule has 0 spiro atoms. The highest BCUT2D eigenvalue weighted by Gasteiger charge is 2.14. The van der Waals surface area contributed by atoms with E-state index >= 15 is 0 Å². The molecule has 82 valence electrons. The molecule has 0 unspecified atom stereocenters. The Morgan fingerprint density at radius 1 is 1.07 bits per heavy atom. The van der Waals surface area contributed by atoms with Crippen LogP contribution in [0, 0.1) is 0 Å². The largest absolute Gasteiger partial charge is 0.481 e. The first-order valence-electron chi connectivity index (χ1n) is 4.42. The van der Waals surface area contributed by atoms with Gasteiger partial charge in [-0.15, -0.1) is 0 Å². The molecule has 0 aliphatic carbocycles. The topological polar surface area (TPSA) is 82.3 Å². The molecule has 0 aromatic carbocycles. The first-order valence-corrected chi connectivity index (χ1v) is 4.42. The summed E-state index contributed by atoms with van der Waals surface area (Å²) in [5.74, 6) is -1.74. The van der Waals surface area contributed by atoms with Crippen molar-refractivity contribution in [2.45, 2.75) is 12.8 Å². The molecule has 6 nitrogen and oxygen atoms in total. The summed E-state index contributed by atoms with van der Waals surface area (Å²) in [6.07, 6.45) is 0.0651. The van der Waals surface area contributed by atoms with E-state index in [0.29, 0.717) is 13.1 Å². The highest BCUT2D eigenvalue weighted by atomic mass is 16.4. The Hall–Kier alpha value is -1.14. The van der Waals surface area contributed by atoms with Crippen molar-refractivity contribution in [3.8, 4) is 0 Å². The SMILES string of the molecule is C[NH+](C)N(CCC(=O)O)CCC(=O)O. The van der Waals surface area contributed by atoms with Crippen molar-refractivity contribution in [2.24, 2.45) is 0 Å². The molecule has 0 amide bonds. The molecule has 0 fully saturated rings. The number of carboxylic acids is 2. The maximum Gasteiger partial charge on any atom is 0.304 e. The van der Waals surface area contributed by atoms with E-state index in [-0.39, 0.29) is 12.8 Å². The average molecular weight is 205 g/mol. The van der Waals surface area contributed by atoms with Gasteiger partial charge in [-0.2, -0.15) is 5.01 Å². The Bertz CT molecular complexity index is 188. The molecule has 0 saturated carbocycles. The van der Waals surface area contributed by atoms with Crippen LogP contribution in [-0.4, -0.2) is 54.3 Å². The summed E-state index contributed by atoms with van der Waals surface area (Å²) in [7, 11) is 3.67. The minimum absolute atomic E-state index is 0.0325. The Labute approximate surface area is 82.7 Å². The van der Waals surface area contributed by atoms with E-state index in [2.05, 4.69) is 0 Å².